The van der Waals surface area contributed by atoms with Crippen molar-refractivity contribution in [3.8, 4) is 23.0 Å². The summed E-state index contributed by atoms with van der Waals surface area (Å²) in [5, 5.41) is 0. The number of anilines is 1. The van der Waals surface area contributed by atoms with Crippen molar-refractivity contribution in [1.29, 1.82) is 0 Å². The largest absolute Gasteiger partial charge is 0.496 e. The first kappa shape index (κ1) is 20.2. The van der Waals surface area contributed by atoms with E-state index in [4.69, 9.17) is 14.2 Å². The molecular weight excluding hydrogens is 373 g/mol. The highest BCUT2D eigenvalue weighted by atomic mass is 19.1. The van der Waals surface area contributed by atoms with E-state index in [1.165, 1.54) is 38.2 Å². The van der Waals surface area contributed by atoms with Gasteiger partial charge in [0.15, 0.2) is 17.3 Å². The van der Waals surface area contributed by atoms with E-state index in [9.17, 15) is 9.18 Å². The number of carbonyl (C=O) groups is 1. The molecular formula is C23H22FNO4. The maximum absolute atomic E-state index is 14.3. The van der Waals surface area contributed by atoms with Crippen LogP contribution in [0.2, 0.25) is 0 Å². The molecule has 0 heterocycles. The van der Waals surface area contributed by atoms with Crippen LogP contribution in [0.4, 0.5) is 10.1 Å². The Morgan fingerprint density at radius 1 is 0.897 bits per heavy atom. The summed E-state index contributed by atoms with van der Waals surface area (Å²) in [7, 11) is 2.87. The minimum absolute atomic E-state index is 0.0767. The van der Waals surface area contributed by atoms with Gasteiger partial charge in [0.1, 0.15) is 11.5 Å². The molecule has 0 unspecified atom stereocenters. The first-order valence-electron chi connectivity index (χ1n) is 9.04. The summed E-state index contributed by atoms with van der Waals surface area (Å²) < 4.78 is 30.6. The summed E-state index contributed by atoms with van der Waals surface area (Å²) >= 11 is 0. The number of carbonyl (C=O) groups excluding carboxylic acids is 1. The highest BCUT2D eigenvalue weighted by Gasteiger charge is 2.20. The zero-order valence-electron chi connectivity index (χ0n) is 16.5. The van der Waals surface area contributed by atoms with Crippen LogP contribution >= 0.6 is 0 Å². The smallest absolute Gasteiger partial charge is 0.224 e. The molecule has 0 bridgehead atoms. The van der Waals surface area contributed by atoms with Gasteiger partial charge in [-0.3, -0.25) is 4.79 Å². The van der Waals surface area contributed by atoms with Crippen LogP contribution in [0.5, 0.6) is 23.0 Å². The van der Waals surface area contributed by atoms with Crippen LogP contribution < -0.4 is 19.1 Å². The number of halogens is 1. The molecule has 1 amide bonds. The van der Waals surface area contributed by atoms with Crippen LogP contribution in [0.3, 0.4) is 0 Å². The van der Waals surface area contributed by atoms with Crippen molar-refractivity contribution in [2.75, 3.05) is 19.1 Å². The molecule has 0 saturated heterocycles. The van der Waals surface area contributed by atoms with Crippen molar-refractivity contribution in [2.24, 2.45) is 0 Å². The minimum atomic E-state index is -0.527. The lowest BCUT2D eigenvalue weighted by atomic mass is 10.1. The van der Waals surface area contributed by atoms with Crippen LogP contribution in [-0.2, 0) is 11.3 Å². The summed E-state index contributed by atoms with van der Waals surface area (Å²) in [6.45, 7) is 1.56. The summed E-state index contributed by atoms with van der Waals surface area (Å²) in [5.74, 6) is 0.926. The topological polar surface area (TPSA) is 48.0 Å². The summed E-state index contributed by atoms with van der Waals surface area (Å²) in [4.78, 5) is 14.0. The Bertz CT molecular complexity index is 991. The molecule has 6 heteroatoms. The molecule has 0 spiro atoms. The van der Waals surface area contributed by atoms with Gasteiger partial charge in [0.25, 0.3) is 0 Å². The lowest BCUT2D eigenvalue weighted by Crippen LogP contribution is -2.28. The first-order chi connectivity index (χ1) is 14.0. The average molecular weight is 395 g/mol. The van der Waals surface area contributed by atoms with Crippen molar-refractivity contribution in [1.82, 2.24) is 0 Å². The van der Waals surface area contributed by atoms with Crippen LogP contribution in [0.1, 0.15) is 12.5 Å². The number of benzene rings is 3. The van der Waals surface area contributed by atoms with E-state index in [0.29, 0.717) is 28.5 Å². The van der Waals surface area contributed by atoms with Gasteiger partial charge in [-0.05, 0) is 30.3 Å². The Kier molecular flexibility index (Phi) is 6.34. The molecule has 3 rings (SSSR count). The fourth-order valence-electron chi connectivity index (χ4n) is 2.96. The van der Waals surface area contributed by atoms with Gasteiger partial charge in [-0.1, -0.05) is 30.3 Å². The van der Waals surface area contributed by atoms with Gasteiger partial charge >= 0.3 is 0 Å². The third-order valence-corrected chi connectivity index (χ3v) is 4.39. The molecule has 0 fully saturated rings. The van der Waals surface area contributed by atoms with Gasteiger partial charge in [0.05, 0.1) is 26.5 Å². The number of ether oxygens (including phenoxy) is 3. The number of para-hydroxylation sites is 3. The highest BCUT2D eigenvalue weighted by Crippen LogP contribution is 2.35. The Hall–Kier alpha value is -3.54. The Labute approximate surface area is 169 Å². The molecule has 0 aliphatic heterocycles. The molecule has 150 valence electrons. The molecule has 0 N–H and O–H groups in total. The number of nitrogens with zero attached hydrogens (tertiary/aromatic N) is 1. The predicted octanol–water partition coefficient (Wildman–Crippen LogP) is 5.19. The maximum Gasteiger partial charge on any atom is 0.224 e. The van der Waals surface area contributed by atoms with Gasteiger partial charge < -0.3 is 19.1 Å². The predicted molar refractivity (Wildman–Crippen MR) is 109 cm³/mol. The second-order valence-corrected chi connectivity index (χ2v) is 6.29. The highest BCUT2D eigenvalue weighted by molar-refractivity contribution is 5.93. The number of hydrogen-bond acceptors (Lipinski definition) is 4. The molecule has 3 aromatic carbocycles. The minimum Gasteiger partial charge on any atom is -0.496 e. The lowest BCUT2D eigenvalue weighted by molar-refractivity contribution is -0.116. The third-order valence-electron chi connectivity index (χ3n) is 4.39. The third kappa shape index (κ3) is 4.66. The van der Waals surface area contributed by atoms with E-state index in [1.54, 1.807) is 12.1 Å². The lowest BCUT2D eigenvalue weighted by Gasteiger charge is -2.25. The van der Waals surface area contributed by atoms with Gasteiger partial charge in [-0.15, -0.1) is 0 Å². The van der Waals surface area contributed by atoms with E-state index in [-0.39, 0.29) is 18.2 Å². The second kappa shape index (κ2) is 9.10. The van der Waals surface area contributed by atoms with E-state index >= 15 is 0 Å². The molecule has 5 nitrogen and oxygen atoms in total. The molecule has 29 heavy (non-hydrogen) atoms. The average Bonchev–Trinajstić information content (AvgIpc) is 2.73. The maximum atomic E-state index is 14.3. The zero-order valence-corrected chi connectivity index (χ0v) is 16.5. The van der Waals surface area contributed by atoms with Crippen LogP contribution in [0.25, 0.3) is 0 Å². The summed E-state index contributed by atoms with van der Waals surface area (Å²) in [5.41, 5.74) is 1.08. The number of methoxy groups -OCH3 is 2. The van der Waals surface area contributed by atoms with E-state index in [2.05, 4.69) is 0 Å². The van der Waals surface area contributed by atoms with Gasteiger partial charge in [0, 0.05) is 18.6 Å². The van der Waals surface area contributed by atoms with Crippen molar-refractivity contribution in [3.05, 3.63) is 78.1 Å². The van der Waals surface area contributed by atoms with Gasteiger partial charge in [-0.25, -0.2) is 4.39 Å². The van der Waals surface area contributed by atoms with Gasteiger partial charge in [0.2, 0.25) is 5.91 Å². The Morgan fingerprint density at radius 2 is 1.55 bits per heavy atom. The fraction of sp³-hybridized carbons (Fsp3) is 0.174. The monoisotopic (exact) mass is 395 g/mol. The molecule has 0 radical (unpaired) electrons. The van der Waals surface area contributed by atoms with Crippen LogP contribution in [0, 0.1) is 5.82 Å². The molecule has 0 aromatic heterocycles. The quantitative estimate of drug-likeness (QED) is 0.553. The molecule has 0 saturated carbocycles. The standard InChI is InChI=1S/C23H22FNO4/c1-16(26)25(15-17-13-19(24)23(28-3)14-22(17)27-2)20-11-7-8-12-21(20)29-18-9-5-4-6-10-18/h4-14H,15H2,1-3H3. The van der Waals surface area contributed by atoms with E-state index < -0.39 is 5.82 Å². The van der Waals surface area contributed by atoms with E-state index in [0.717, 1.165) is 0 Å². The first-order valence-corrected chi connectivity index (χ1v) is 9.04. The van der Waals surface area contributed by atoms with Crippen LogP contribution in [0.15, 0.2) is 66.7 Å². The van der Waals surface area contributed by atoms with Crippen molar-refractivity contribution in [2.45, 2.75) is 13.5 Å². The molecule has 0 aliphatic rings. The van der Waals surface area contributed by atoms with E-state index in [1.807, 2.05) is 42.5 Å². The van der Waals surface area contributed by atoms with Crippen molar-refractivity contribution < 1.29 is 23.4 Å². The SMILES string of the molecule is COc1cc(OC)c(CN(C(C)=O)c2ccccc2Oc2ccccc2)cc1F. The number of rotatable bonds is 7. The summed E-state index contributed by atoms with van der Waals surface area (Å²) in [6.07, 6.45) is 0. The van der Waals surface area contributed by atoms with Gasteiger partial charge in [-0.2, -0.15) is 0 Å². The molecule has 0 aliphatic carbocycles. The Balaban J connectivity index is 1.98. The number of hydrogen-bond donors (Lipinski definition) is 0. The van der Waals surface area contributed by atoms with Crippen molar-refractivity contribution in [3.63, 3.8) is 0 Å². The molecule has 0 atom stereocenters. The Morgan fingerprint density at radius 3 is 2.21 bits per heavy atom. The fourth-order valence-corrected chi connectivity index (χ4v) is 2.96. The second-order valence-electron chi connectivity index (χ2n) is 6.29. The van der Waals surface area contributed by atoms with Crippen molar-refractivity contribution >= 4 is 11.6 Å². The zero-order chi connectivity index (χ0) is 20.8. The summed E-state index contributed by atoms with van der Waals surface area (Å²) in [6, 6.07) is 19.3. The normalized spacial score (nSPS) is 10.3. The molecule has 3 aromatic rings. The van der Waals surface area contributed by atoms with Crippen LogP contribution in [-0.4, -0.2) is 20.1 Å². The number of amides is 1.